The second kappa shape index (κ2) is 5.85. The van der Waals surface area contributed by atoms with Crippen molar-refractivity contribution in [1.82, 2.24) is 0 Å². The Morgan fingerprint density at radius 1 is 0.929 bits per heavy atom. The first-order chi connectivity index (χ1) is 6.54. The van der Waals surface area contributed by atoms with Crippen LogP contribution in [0.3, 0.4) is 0 Å². The second-order valence-corrected chi connectivity index (χ2v) is 2.14. The fourth-order valence-electron chi connectivity index (χ4n) is 0.592. The van der Waals surface area contributed by atoms with Crippen molar-refractivity contribution in [2.45, 2.75) is 13.8 Å². The SMILES string of the molecule is CCOC(=O)/C(O)=C(/O)C(=O)OCC. The average molecular weight is 204 g/mol. The molecule has 80 valence electrons. The molecule has 6 heteroatoms. The minimum absolute atomic E-state index is 0.0268. The first-order valence-corrected chi connectivity index (χ1v) is 4.01. The molecule has 0 saturated carbocycles. The van der Waals surface area contributed by atoms with Gasteiger partial charge in [0.05, 0.1) is 13.2 Å². The van der Waals surface area contributed by atoms with E-state index in [0.29, 0.717) is 0 Å². The normalized spacial score (nSPS) is 11.6. The summed E-state index contributed by atoms with van der Waals surface area (Å²) in [5.41, 5.74) is 0. The Labute approximate surface area is 80.7 Å². The highest BCUT2D eigenvalue weighted by atomic mass is 16.6. The quantitative estimate of drug-likeness (QED) is 0.392. The van der Waals surface area contributed by atoms with Gasteiger partial charge in [0, 0.05) is 0 Å². The van der Waals surface area contributed by atoms with Gasteiger partial charge in [0.25, 0.3) is 11.5 Å². The summed E-state index contributed by atoms with van der Waals surface area (Å²) in [6, 6.07) is 0. The number of aliphatic hydroxyl groups is 2. The highest BCUT2D eigenvalue weighted by Crippen LogP contribution is 2.02. The van der Waals surface area contributed by atoms with Gasteiger partial charge in [0.2, 0.25) is 0 Å². The molecular formula is C8H12O6. The van der Waals surface area contributed by atoms with Gasteiger partial charge in [-0.15, -0.1) is 0 Å². The first kappa shape index (κ1) is 12.3. The fraction of sp³-hybridized carbons (Fsp3) is 0.500. The highest BCUT2D eigenvalue weighted by molar-refractivity contribution is 5.96. The van der Waals surface area contributed by atoms with Crippen molar-refractivity contribution in [2.75, 3.05) is 13.2 Å². The summed E-state index contributed by atoms with van der Waals surface area (Å²) in [5.74, 6) is -4.63. The van der Waals surface area contributed by atoms with Crippen LogP contribution in [0.25, 0.3) is 0 Å². The Kier molecular flexibility index (Phi) is 5.13. The smallest absolute Gasteiger partial charge is 0.377 e. The minimum Gasteiger partial charge on any atom is -0.499 e. The number of ether oxygens (including phenoxy) is 2. The lowest BCUT2D eigenvalue weighted by Crippen LogP contribution is -2.16. The molecule has 0 bridgehead atoms. The Hall–Kier alpha value is -1.72. The molecule has 0 fully saturated rings. The highest BCUT2D eigenvalue weighted by Gasteiger charge is 2.21. The van der Waals surface area contributed by atoms with Gasteiger partial charge in [-0.3, -0.25) is 0 Å². The lowest BCUT2D eigenvalue weighted by Gasteiger charge is -2.03. The van der Waals surface area contributed by atoms with Crippen LogP contribution in [0, 0.1) is 0 Å². The van der Waals surface area contributed by atoms with Gasteiger partial charge in [-0.25, -0.2) is 9.59 Å². The van der Waals surface area contributed by atoms with E-state index in [1.807, 2.05) is 0 Å². The molecule has 0 aliphatic rings. The molecule has 0 rings (SSSR count). The number of rotatable bonds is 4. The molecule has 2 N–H and O–H groups in total. The fourth-order valence-corrected chi connectivity index (χ4v) is 0.592. The van der Waals surface area contributed by atoms with Crippen LogP contribution < -0.4 is 0 Å². The van der Waals surface area contributed by atoms with Gasteiger partial charge in [-0.05, 0) is 13.8 Å². The molecule has 0 aromatic heterocycles. The zero-order chi connectivity index (χ0) is 11.1. The lowest BCUT2D eigenvalue weighted by molar-refractivity contribution is -0.146. The van der Waals surface area contributed by atoms with Crippen molar-refractivity contribution >= 4 is 11.9 Å². The van der Waals surface area contributed by atoms with E-state index in [4.69, 9.17) is 10.2 Å². The Morgan fingerprint density at radius 2 is 1.21 bits per heavy atom. The van der Waals surface area contributed by atoms with Gasteiger partial charge in [-0.1, -0.05) is 0 Å². The Morgan fingerprint density at radius 3 is 1.43 bits per heavy atom. The van der Waals surface area contributed by atoms with Crippen molar-refractivity contribution in [2.24, 2.45) is 0 Å². The maximum atomic E-state index is 10.8. The van der Waals surface area contributed by atoms with Crippen LogP contribution in [-0.2, 0) is 19.1 Å². The molecule has 0 aliphatic heterocycles. The van der Waals surface area contributed by atoms with E-state index >= 15 is 0 Å². The zero-order valence-corrected chi connectivity index (χ0v) is 7.94. The summed E-state index contributed by atoms with van der Waals surface area (Å²) in [4.78, 5) is 21.6. The van der Waals surface area contributed by atoms with Crippen molar-refractivity contribution in [1.29, 1.82) is 0 Å². The number of aliphatic hydroxyl groups excluding tert-OH is 2. The molecule has 0 atom stereocenters. The van der Waals surface area contributed by atoms with Crippen LogP contribution in [0.5, 0.6) is 0 Å². The maximum Gasteiger partial charge on any atom is 0.377 e. The minimum atomic E-state index is -1.17. The third-order valence-corrected chi connectivity index (χ3v) is 1.16. The molecule has 0 saturated heterocycles. The van der Waals surface area contributed by atoms with Gasteiger partial charge < -0.3 is 19.7 Å². The van der Waals surface area contributed by atoms with E-state index in [-0.39, 0.29) is 13.2 Å². The molecule has 6 nitrogen and oxygen atoms in total. The molecule has 0 spiro atoms. The second-order valence-electron chi connectivity index (χ2n) is 2.14. The third kappa shape index (κ3) is 3.34. The number of esters is 2. The average Bonchev–Trinajstić information content (AvgIpc) is 2.16. The third-order valence-electron chi connectivity index (χ3n) is 1.16. The van der Waals surface area contributed by atoms with Gasteiger partial charge in [0.15, 0.2) is 0 Å². The van der Waals surface area contributed by atoms with Crippen LogP contribution in [0.4, 0.5) is 0 Å². The van der Waals surface area contributed by atoms with E-state index in [1.54, 1.807) is 0 Å². The van der Waals surface area contributed by atoms with Gasteiger partial charge in [0.1, 0.15) is 0 Å². The molecule has 0 radical (unpaired) electrons. The molecule has 0 aromatic carbocycles. The Balaban J connectivity index is 4.57. The van der Waals surface area contributed by atoms with E-state index in [2.05, 4.69) is 9.47 Å². The van der Waals surface area contributed by atoms with E-state index in [0.717, 1.165) is 0 Å². The number of carbonyl (C=O) groups is 2. The predicted molar refractivity (Wildman–Crippen MR) is 45.5 cm³/mol. The summed E-state index contributed by atoms with van der Waals surface area (Å²) in [6.45, 7) is 3.09. The van der Waals surface area contributed by atoms with Gasteiger partial charge >= 0.3 is 11.9 Å². The molecule has 0 aliphatic carbocycles. The maximum absolute atomic E-state index is 10.8. The number of hydrogen-bond acceptors (Lipinski definition) is 6. The molecule has 0 amide bonds. The first-order valence-electron chi connectivity index (χ1n) is 4.01. The van der Waals surface area contributed by atoms with Crippen LogP contribution in [0.2, 0.25) is 0 Å². The Bertz CT molecular complexity index is 229. The zero-order valence-electron chi connectivity index (χ0n) is 7.94. The van der Waals surface area contributed by atoms with Crippen molar-refractivity contribution in [3.63, 3.8) is 0 Å². The summed E-state index contributed by atoms with van der Waals surface area (Å²) in [6.07, 6.45) is 0. The molecule has 0 aromatic rings. The van der Waals surface area contributed by atoms with E-state index in [1.165, 1.54) is 13.8 Å². The predicted octanol–water partition coefficient (Wildman–Crippen LogP) is 0.440. The number of carbonyl (C=O) groups excluding carboxylic acids is 2. The van der Waals surface area contributed by atoms with Gasteiger partial charge in [-0.2, -0.15) is 0 Å². The molecule has 0 unspecified atom stereocenters. The van der Waals surface area contributed by atoms with E-state index < -0.39 is 23.5 Å². The largest absolute Gasteiger partial charge is 0.499 e. The van der Waals surface area contributed by atoms with Crippen LogP contribution in [0.1, 0.15) is 13.8 Å². The van der Waals surface area contributed by atoms with Crippen LogP contribution in [-0.4, -0.2) is 35.4 Å². The lowest BCUT2D eigenvalue weighted by atomic mass is 10.4. The van der Waals surface area contributed by atoms with Crippen molar-refractivity contribution < 1.29 is 29.3 Å². The molecule has 0 heterocycles. The number of hydrogen-bond donors (Lipinski definition) is 2. The standard InChI is InChI=1S/C8H12O6/c1-3-13-7(11)5(9)6(10)8(12)14-4-2/h9-10H,3-4H2,1-2H3/b6-5-. The van der Waals surface area contributed by atoms with Crippen molar-refractivity contribution in [3.05, 3.63) is 11.5 Å². The summed E-state index contributed by atoms with van der Waals surface area (Å²) in [7, 11) is 0. The summed E-state index contributed by atoms with van der Waals surface area (Å²) < 4.78 is 8.68. The molecule has 14 heavy (non-hydrogen) atoms. The van der Waals surface area contributed by atoms with Crippen molar-refractivity contribution in [3.8, 4) is 0 Å². The monoisotopic (exact) mass is 204 g/mol. The summed E-state index contributed by atoms with van der Waals surface area (Å²) in [5, 5.41) is 17.9. The topological polar surface area (TPSA) is 93.1 Å². The van der Waals surface area contributed by atoms with E-state index in [9.17, 15) is 9.59 Å². The van der Waals surface area contributed by atoms with Crippen LogP contribution >= 0.6 is 0 Å². The van der Waals surface area contributed by atoms with Crippen LogP contribution in [0.15, 0.2) is 11.5 Å². The molecular weight excluding hydrogens is 192 g/mol. The summed E-state index contributed by atoms with van der Waals surface area (Å²) >= 11 is 0.